The third-order valence-electron chi connectivity index (χ3n) is 3.67. The maximum absolute atomic E-state index is 8.80. The van der Waals surface area contributed by atoms with E-state index in [1.54, 1.807) is 0 Å². The molecule has 0 aliphatic heterocycles. The summed E-state index contributed by atoms with van der Waals surface area (Å²) in [6, 6.07) is 0. The molecule has 1 unspecified atom stereocenters. The molecular formula is C16H34O5S-2. The molecule has 0 aromatic heterocycles. The Bertz CT molecular complexity index is 296. The summed E-state index contributed by atoms with van der Waals surface area (Å²) in [6.45, 7) is 4.89. The molecule has 22 heavy (non-hydrogen) atoms. The Morgan fingerprint density at radius 3 is 1.55 bits per heavy atom. The normalized spacial score (nSPS) is 12.6. The van der Waals surface area contributed by atoms with Crippen LogP contribution in [0.2, 0.25) is 0 Å². The average molecular weight is 339 g/mol. The van der Waals surface area contributed by atoms with E-state index in [1.807, 2.05) is 0 Å². The van der Waals surface area contributed by atoms with E-state index in [0.717, 1.165) is 6.42 Å². The highest BCUT2D eigenvalue weighted by Crippen LogP contribution is 2.15. The van der Waals surface area contributed by atoms with Gasteiger partial charge in [0.1, 0.15) is 0 Å². The van der Waals surface area contributed by atoms with Crippen LogP contribution in [0.4, 0.5) is 0 Å². The van der Waals surface area contributed by atoms with E-state index in [2.05, 4.69) is 13.8 Å². The summed E-state index contributed by atoms with van der Waals surface area (Å²) in [5.41, 5.74) is 0. The summed E-state index contributed by atoms with van der Waals surface area (Å²) in [5.74, 6) is 0.717. The summed E-state index contributed by atoms with van der Waals surface area (Å²) in [4.78, 5) is 0. The fourth-order valence-corrected chi connectivity index (χ4v) is 2.34. The lowest BCUT2D eigenvalue weighted by molar-refractivity contribution is 0.256. The van der Waals surface area contributed by atoms with E-state index in [4.69, 9.17) is 22.6 Å². The minimum absolute atomic E-state index is 0.360. The van der Waals surface area contributed by atoms with Gasteiger partial charge < -0.3 is 14.2 Å². The quantitative estimate of drug-likeness (QED) is 0.311. The molecule has 0 radical (unpaired) electrons. The van der Waals surface area contributed by atoms with Crippen LogP contribution in [0.3, 0.4) is 0 Å². The van der Waals surface area contributed by atoms with Crippen LogP contribution in [0.5, 0.6) is 0 Å². The minimum atomic E-state index is -5.17. The van der Waals surface area contributed by atoms with E-state index in [-0.39, 0.29) is 0 Å². The molecule has 0 aromatic rings. The van der Waals surface area contributed by atoms with Gasteiger partial charge >= 0.3 is 0 Å². The smallest absolute Gasteiger partial charge is 0.0433 e. The van der Waals surface area contributed by atoms with Crippen molar-refractivity contribution in [1.82, 2.24) is 0 Å². The van der Waals surface area contributed by atoms with E-state index in [1.165, 1.54) is 70.6 Å². The number of rotatable bonds is 13. The standard InChI is InChI=1S/C16H34O.H2O4S/c1-3-4-5-6-7-8-9-10-11-12-13-16(2)14-15-17;1-5(2,3)4/h16-17H,3-15H2,1-2H3;(H2,1,2,3,4)/p-2. The lowest BCUT2D eigenvalue weighted by Gasteiger charge is -2.08. The van der Waals surface area contributed by atoms with Crippen molar-refractivity contribution in [3.63, 3.8) is 0 Å². The third kappa shape index (κ3) is 32.0. The van der Waals surface area contributed by atoms with Crippen molar-refractivity contribution in [3.05, 3.63) is 0 Å². The van der Waals surface area contributed by atoms with Gasteiger partial charge in [0.2, 0.25) is 0 Å². The van der Waals surface area contributed by atoms with Gasteiger partial charge in [0.05, 0.1) is 0 Å². The van der Waals surface area contributed by atoms with Crippen molar-refractivity contribution in [2.75, 3.05) is 6.61 Å². The van der Waals surface area contributed by atoms with Crippen molar-refractivity contribution in [1.29, 1.82) is 0 Å². The maximum atomic E-state index is 8.80. The molecule has 1 N–H and O–H groups in total. The number of unbranched alkanes of at least 4 members (excludes halogenated alkanes) is 9. The highest BCUT2D eigenvalue weighted by molar-refractivity contribution is 7.79. The zero-order valence-electron chi connectivity index (χ0n) is 14.3. The Morgan fingerprint density at radius 2 is 1.18 bits per heavy atom. The molecule has 0 heterocycles. The monoisotopic (exact) mass is 338 g/mol. The summed E-state index contributed by atoms with van der Waals surface area (Å²) in [5, 5.41) is 8.80. The van der Waals surface area contributed by atoms with Crippen LogP contribution in [-0.2, 0) is 10.4 Å². The van der Waals surface area contributed by atoms with E-state index >= 15 is 0 Å². The largest absolute Gasteiger partial charge is 0.759 e. The molecule has 0 aliphatic carbocycles. The molecule has 6 heteroatoms. The van der Waals surface area contributed by atoms with Crippen molar-refractivity contribution >= 4 is 10.4 Å². The van der Waals surface area contributed by atoms with Gasteiger partial charge in [0.25, 0.3) is 0 Å². The Balaban J connectivity index is 0. The second-order valence-corrected chi connectivity index (χ2v) is 6.81. The zero-order valence-corrected chi connectivity index (χ0v) is 15.1. The Hall–Kier alpha value is -0.170. The van der Waals surface area contributed by atoms with Crippen molar-refractivity contribution < 1.29 is 22.6 Å². The predicted octanol–water partition coefficient (Wildman–Crippen LogP) is 3.98. The van der Waals surface area contributed by atoms with Gasteiger partial charge in [-0.05, 0) is 12.3 Å². The van der Waals surface area contributed by atoms with Gasteiger partial charge in [-0.25, -0.2) is 0 Å². The van der Waals surface area contributed by atoms with Gasteiger partial charge in [-0.15, -0.1) is 0 Å². The molecule has 5 nitrogen and oxygen atoms in total. The lowest BCUT2D eigenvalue weighted by atomic mass is 9.99. The van der Waals surface area contributed by atoms with Gasteiger partial charge in [-0.1, -0.05) is 84.5 Å². The van der Waals surface area contributed by atoms with Gasteiger partial charge in [-0.2, -0.15) is 0 Å². The molecule has 0 saturated carbocycles. The third-order valence-corrected chi connectivity index (χ3v) is 3.67. The van der Waals surface area contributed by atoms with Crippen LogP contribution in [-0.4, -0.2) is 29.2 Å². The molecule has 0 aliphatic rings. The highest BCUT2D eigenvalue weighted by atomic mass is 32.3. The van der Waals surface area contributed by atoms with Crippen molar-refractivity contribution in [2.45, 2.75) is 90.9 Å². The maximum Gasteiger partial charge on any atom is 0.0433 e. The number of hydrogen-bond donors (Lipinski definition) is 1. The van der Waals surface area contributed by atoms with E-state index < -0.39 is 10.4 Å². The molecular weight excluding hydrogens is 304 g/mol. The minimum Gasteiger partial charge on any atom is -0.759 e. The molecule has 0 fully saturated rings. The van der Waals surface area contributed by atoms with E-state index in [0.29, 0.717) is 12.5 Å². The fourth-order valence-electron chi connectivity index (χ4n) is 2.34. The molecule has 0 amide bonds. The first-order valence-corrected chi connectivity index (χ1v) is 9.92. The van der Waals surface area contributed by atoms with Crippen LogP contribution in [0, 0.1) is 5.92 Å². The zero-order chi connectivity index (χ0) is 17.3. The number of hydrogen-bond acceptors (Lipinski definition) is 5. The first-order chi connectivity index (χ1) is 10.3. The average Bonchev–Trinajstić information content (AvgIpc) is 2.39. The SMILES string of the molecule is CCCCCCCCCCCCC(C)CCO.O=S(=O)([O-])[O-]. The molecule has 136 valence electrons. The first-order valence-electron chi connectivity index (χ1n) is 8.58. The van der Waals surface area contributed by atoms with Crippen LogP contribution in [0.25, 0.3) is 0 Å². The Morgan fingerprint density at radius 1 is 0.818 bits per heavy atom. The van der Waals surface area contributed by atoms with Gasteiger partial charge in [0.15, 0.2) is 0 Å². The van der Waals surface area contributed by atoms with Gasteiger partial charge in [-0.3, -0.25) is 8.42 Å². The van der Waals surface area contributed by atoms with Crippen LogP contribution < -0.4 is 0 Å². The predicted molar refractivity (Wildman–Crippen MR) is 87.8 cm³/mol. The summed E-state index contributed by atoms with van der Waals surface area (Å²) >= 11 is 0. The first kappa shape index (κ1) is 24.1. The molecule has 0 bridgehead atoms. The topological polar surface area (TPSA) is 100 Å². The molecule has 0 rings (SSSR count). The van der Waals surface area contributed by atoms with Crippen LogP contribution in [0.1, 0.15) is 90.9 Å². The fraction of sp³-hybridized carbons (Fsp3) is 1.00. The summed E-state index contributed by atoms with van der Waals surface area (Å²) < 4.78 is 34.1. The van der Waals surface area contributed by atoms with Crippen LogP contribution >= 0.6 is 0 Å². The van der Waals surface area contributed by atoms with Crippen LogP contribution in [0.15, 0.2) is 0 Å². The Kier molecular flexibility index (Phi) is 18.8. The van der Waals surface area contributed by atoms with Crippen molar-refractivity contribution in [2.24, 2.45) is 5.92 Å². The summed E-state index contributed by atoms with van der Waals surface area (Å²) in [6.07, 6.45) is 16.4. The van der Waals surface area contributed by atoms with E-state index in [9.17, 15) is 0 Å². The Labute approximate surface area is 137 Å². The second-order valence-electron chi connectivity index (χ2n) is 6.00. The lowest BCUT2D eigenvalue weighted by Crippen LogP contribution is -1.97. The second kappa shape index (κ2) is 17.2. The number of aliphatic hydroxyl groups excluding tert-OH is 1. The molecule has 1 atom stereocenters. The van der Waals surface area contributed by atoms with Gasteiger partial charge in [0, 0.05) is 17.0 Å². The van der Waals surface area contributed by atoms with Crippen molar-refractivity contribution in [3.8, 4) is 0 Å². The summed E-state index contributed by atoms with van der Waals surface area (Å²) in [7, 11) is -5.17. The number of aliphatic hydroxyl groups is 1. The molecule has 0 saturated heterocycles. The highest BCUT2D eigenvalue weighted by Gasteiger charge is 2.00. The molecule has 0 aromatic carbocycles. The molecule has 0 spiro atoms.